The van der Waals surface area contributed by atoms with Gasteiger partial charge in [-0.25, -0.2) is 8.42 Å². The van der Waals surface area contributed by atoms with Crippen LogP contribution in [0.2, 0.25) is 0 Å². The van der Waals surface area contributed by atoms with E-state index in [0.717, 1.165) is 10.9 Å². The molecule has 0 aliphatic carbocycles. The van der Waals surface area contributed by atoms with E-state index in [1.54, 1.807) is 37.4 Å². The summed E-state index contributed by atoms with van der Waals surface area (Å²) < 4.78 is 31.0. The number of nitrogens with zero attached hydrogens (tertiary/aromatic N) is 1. The number of carbonyl (C=O) groups is 1. The van der Waals surface area contributed by atoms with Gasteiger partial charge in [0, 0.05) is 22.5 Å². The molecular weight excluding hydrogens is 378 g/mol. The van der Waals surface area contributed by atoms with Gasteiger partial charge in [0.25, 0.3) is 10.0 Å². The summed E-state index contributed by atoms with van der Waals surface area (Å²) in [6, 6.07) is 13.9. The summed E-state index contributed by atoms with van der Waals surface area (Å²) in [6.45, 7) is 3.62. The quantitative estimate of drug-likeness (QED) is 0.517. The number of fused-ring (bicyclic) bond motifs is 2. The lowest BCUT2D eigenvalue weighted by molar-refractivity contribution is 0.0918. The van der Waals surface area contributed by atoms with Crippen molar-refractivity contribution in [1.29, 1.82) is 0 Å². The van der Waals surface area contributed by atoms with E-state index in [1.165, 1.54) is 6.07 Å². The predicted octanol–water partition coefficient (Wildman–Crippen LogP) is 3.22. The number of nitrogens with one attached hydrogen (secondary N) is 2. The molecule has 142 valence electrons. The molecule has 0 radical (unpaired) electrons. The fourth-order valence-electron chi connectivity index (χ4n) is 3.08. The fraction of sp³-hybridized carbons (Fsp3) is 0.100. The van der Waals surface area contributed by atoms with Crippen LogP contribution < -0.4 is 10.3 Å². The Kier molecular flexibility index (Phi) is 4.37. The van der Waals surface area contributed by atoms with Crippen molar-refractivity contribution in [2.24, 2.45) is 0 Å². The zero-order valence-corrected chi connectivity index (χ0v) is 16.0. The Labute approximate surface area is 161 Å². The highest BCUT2D eigenvalue weighted by Crippen LogP contribution is 2.25. The molecule has 0 saturated heterocycles. The highest BCUT2D eigenvalue weighted by molar-refractivity contribution is 7.89. The molecule has 4 rings (SSSR count). The number of pyridine rings is 1. The number of furan rings is 1. The van der Waals surface area contributed by atoms with E-state index >= 15 is 0 Å². The second-order valence-corrected chi connectivity index (χ2v) is 8.10. The average molecular weight is 395 g/mol. The van der Waals surface area contributed by atoms with E-state index < -0.39 is 15.9 Å². The lowest BCUT2D eigenvalue weighted by Crippen LogP contribution is -2.41. The fourth-order valence-corrected chi connectivity index (χ4v) is 4.10. The Balaban J connectivity index is 1.62. The van der Waals surface area contributed by atoms with Gasteiger partial charge in [0.05, 0.1) is 5.52 Å². The summed E-state index contributed by atoms with van der Waals surface area (Å²) >= 11 is 0. The lowest BCUT2D eigenvalue weighted by Gasteiger charge is -2.10. The molecule has 0 aliphatic heterocycles. The Morgan fingerprint density at radius 2 is 1.86 bits per heavy atom. The van der Waals surface area contributed by atoms with Crippen molar-refractivity contribution in [3.05, 3.63) is 71.6 Å². The number of para-hydroxylation sites is 2. The molecule has 0 aliphatic rings. The van der Waals surface area contributed by atoms with Gasteiger partial charge in [0.15, 0.2) is 5.76 Å². The summed E-state index contributed by atoms with van der Waals surface area (Å²) in [5.41, 5.74) is 4.66. The van der Waals surface area contributed by atoms with E-state index in [4.69, 9.17) is 4.42 Å². The van der Waals surface area contributed by atoms with Crippen molar-refractivity contribution in [3.8, 4) is 0 Å². The van der Waals surface area contributed by atoms with Crippen LogP contribution in [0.5, 0.6) is 0 Å². The Morgan fingerprint density at radius 3 is 2.64 bits per heavy atom. The van der Waals surface area contributed by atoms with Crippen molar-refractivity contribution in [2.75, 3.05) is 0 Å². The second kappa shape index (κ2) is 6.74. The molecule has 2 heterocycles. The van der Waals surface area contributed by atoms with Gasteiger partial charge in [-0.1, -0.05) is 30.3 Å². The van der Waals surface area contributed by atoms with E-state index in [9.17, 15) is 13.2 Å². The number of hydrogen-bond acceptors (Lipinski definition) is 5. The third-order valence-corrected chi connectivity index (χ3v) is 5.73. The zero-order chi connectivity index (χ0) is 19.9. The number of carbonyl (C=O) groups excluding carboxylic acids is 1. The number of aryl methyl sites for hydroxylation is 2. The van der Waals surface area contributed by atoms with Crippen molar-refractivity contribution in [1.82, 2.24) is 15.2 Å². The van der Waals surface area contributed by atoms with Crippen LogP contribution in [0, 0.1) is 13.8 Å². The molecule has 2 N–H and O–H groups in total. The highest BCUT2D eigenvalue weighted by atomic mass is 32.2. The maximum Gasteiger partial charge on any atom is 0.302 e. The van der Waals surface area contributed by atoms with E-state index in [2.05, 4.69) is 15.2 Å². The zero-order valence-electron chi connectivity index (χ0n) is 15.2. The van der Waals surface area contributed by atoms with E-state index in [-0.39, 0.29) is 10.7 Å². The molecule has 1 amide bonds. The number of sulfonamides is 1. The molecule has 28 heavy (non-hydrogen) atoms. The number of hydrazine groups is 1. The molecule has 0 atom stereocenters. The molecule has 2 aromatic carbocycles. The van der Waals surface area contributed by atoms with Gasteiger partial charge in [-0.15, -0.1) is 4.83 Å². The third kappa shape index (κ3) is 3.12. The Hall–Kier alpha value is -3.23. The van der Waals surface area contributed by atoms with Gasteiger partial charge < -0.3 is 4.42 Å². The van der Waals surface area contributed by atoms with Crippen LogP contribution in [0.15, 0.2) is 64.0 Å². The molecule has 4 aromatic rings. The van der Waals surface area contributed by atoms with Gasteiger partial charge in [0.2, 0.25) is 0 Å². The molecule has 0 spiro atoms. The van der Waals surface area contributed by atoms with Crippen LogP contribution >= 0.6 is 0 Å². The molecule has 8 heteroatoms. The van der Waals surface area contributed by atoms with Crippen LogP contribution in [-0.2, 0) is 10.0 Å². The average Bonchev–Trinajstić information content (AvgIpc) is 3.02. The lowest BCUT2D eigenvalue weighted by atomic mass is 10.1. The largest absolute Gasteiger partial charge is 0.451 e. The van der Waals surface area contributed by atoms with Crippen molar-refractivity contribution in [3.63, 3.8) is 0 Å². The maximum atomic E-state index is 12.7. The minimum atomic E-state index is -4.03. The van der Waals surface area contributed by atoms with Crippen molar-refractivity contribution in [2.45, 2.75) is 18.7 Å². The van der Waals surface area contributed by atoms with E-state index in [1.807, 2.05) is 25.1 Å². The third-order valence-electron chi connectivity index (χ3n) is 4.45. The van der Waals surface area contributed by atoms with Crippen molar-refractivity contribution < 1.29 is 17.6 Å². The summed E-state index contributed by atoms with van der Waals surface area (Å²) in [5, 5.41) is 1.49. The van der Waals surface area contributed by atoms with Gasteiger partial charge >= 0.3 is 5.91 Å². The minimum absolute atomic E-state index is 0.0216. The predicted molar refractivity (Wildman–Crippen MR) is 105 cm³/mol. The minimum Gasteiger partial charge on any atom is -0.451 e. The molecule has 7 nitrogen and oxygen atoms in total. The van der Waals surface area contributed by atoms with E-state index in [0.29, 0.717) is 22.0 Å². The summed E-state index contributed by atoms with van der Waals surface area (Å²) in [5.74, 6) is -0.628. The first kappa shape index (κ1) is 18.1. The SMILES string of the molecule is Cc1cnc2c(S(=O)(=O)NNC(=O)c3oc4ccccc4c3C)cccc2c1. The standard InChI is InChI=1S/C20H17N3O4S/c1-12-10-14-6-5-9-17(18(14)21-11-12)28(25,26)23-22-20(24)19-13(2)15-7-3-4-8-16(15)27-19/h3-11,23H,1-2H3,(H,22,24). The number of hydrogen-bond donors (Lipinski definition) is 2. The van der Waals surface area contributed by atoms with Crippen LogP contribution in [0.25, 0.3) is 21.9 Å². The first-order valence-electron chi connectivity index (χ1n) is 8.52. The second-order valence-electron chi connectivity index (χ2n) is 6.45. The molecule has 0 fully saturated rings. The first-order valence-corrected chi connectivity index (χ1v) is 10.0. The van der Waals surface area contributed by atoms with Crippen LogP contribution in [0.4, 0.5) is 0 Å². The summed E-state index contributed by atoms with van der Waals surface area (Å²) in [7, 11) is -4.03. The molecule has 2 aromatic heterocycles. The molecule has 0 bridgehead atoms. The number of benzene rings is 2. The van der Waals surface area contributed by atoms with Gasteiger partial charge in [0.1, 0.15) is 10.5 Å². The Morgan fingerprint density at radius 1 is 1.07 bits per heavy atom. The number of aromatic nitrogens is 1. The van der Waals surface area contributed by atoms with Gasteiger partial charge in [-0.3, -0.25) is 15.2 Å². The maximum absolute atomic E-state index is 12.7. The topological polar surface area (TPSA) is 101 Å². The molecule has 0 saturated carbocycles. The highest BCUT2D eigenvalue weighted by Gasteiger charge is 2.22. The van der Waals surface area contributed by atoms with Gasteiger partial charge in [-0.2, -0.15) is 0 Å². The van der Waals surface area contributed by atoms with Crippen LogP contribution in [0.1, 0.15) is 21.7 Å². The van der Waals surface area contributed by atoms with Crippen LogP contribution in [0.3, 0.4) is 0 Å². The number of rotatable bonds is 4. The summed E-state index contributed by atoms with van der Waals surface area (Å²) in [6.07, 6.45) is 1.59. The molecular formula is C20H17N3O4S. The molecule has 0 unspecified atom stereocenters. The van der Waals surface area contributed by atoms with Crippen LogP contribution in [-0.4, -0.2) is 19.3 Å². The smallest absolute Gasteiger partial charge is 0.302 e. The Bertz CT molecular complexity index is 1330. The summed E-state index contributed by atoms with van der Waals surface area (Å²) in [4.78, 5) is 18.8. The van der Waals surface area contributed by atoms with Crippen molar-refractivity contribution >= 4 is 37.8 Å². The van der Waals surface area contributed by atoms with Gasteiger partial charge in [-0.05, 0) is 37.6 Å². The number of amides is 1. The first-order chi connectivity index (χ1) is 13.4. The normalized spacial score (nSPS) is 11.8. The monoisotopic (exact) mass is 395 g/mol.